The van der Waals surface area contributed by atoms with Crippen LogP contribution in [0.15, 0.2) is 78.9 Å². The first-order valence-electron chi connectivity index (χ1n) is 12.9. The van der Waals surface area contributed by atoms with E-state index in [1.54, 1.807) is 14.2 Å². The van der Waals surface area contributed by atoms with Crippen molar-refractivity contribution < 1.29 is 14.3 Å². The normalized spacial score (nSPS) is 14.2. The summed E-state index contributed by atoms with van der Waals surface area (Å²) in [4.78, 5) is 23.1. The van der Waals surface area contributed by atoms with Crippen molar-refractivity contribution in [1.29, 1.82) is 0 Å². The predicted octanol–water partition coefficient (Wildman–Crippen LogP) is 5.70. The van der Waals surface area contributed by atoms with Gasteiger partial charge >= 0.3 is 0 Å². The van der Waals surface area contributed by atoms with Crippen LogP contribution >= 0.6 is 0 Å². The summed E-state index contributed by atoms with van der Waals surface area (Å²) in [6, 6.07) is 23.9. The Balaban J connectivity index is 1.38. The van der Waals surface area contributed by atoms with Crippen LogP contribution in [0.3, 0.4) is 0 Å². The highest BCUT2D eigenvalue weighted by atomic mass is 16.5. The number of methoxy groups -OCH3 is 2. The zero-order valence-electron chi connectivity index (χ0n) is 22.2. The van der Waals surface area contributed by atoms with E-state index < -0.39 is 0 Å². The van der Waals surface area contributed by atoms with Crippen LogP contribution in [0.25, 0.3) is 28.2 Å². The van der Waals surface area contributed by atoms with E-state index in [1.807, 2.05) is 66.4 Å². The first-order chi connectivity index (χ1) is 18.6. The van der Waals surface area contributed by atoms with Crippen LogP contribution in [0.2, 0.25) is 0 Å². The summed E-state index contributed by atoms with van der Waals surface area (Å²) in [6.45, 7) is 5.97. The molecule has 1 aromatic heterocycles. The minimum Gasteiger partial charge on any atom is -0.497 e. The number of aryl methyl sites for hydroxylation is 1. The lowest BCUT2D eigenvalue weighted by molar-refractivity contribution is 0.0652. The van der Waals surface area contributed by atoms with E-state index in [4.69, 9.17) is 14.5 Å². The fraction of sp³-hybridized carbons (Fsp3) is 0.250. The maximum atomic E-state index is 13.9. The number of hydrogen-bond acceptors (Lipinski definition) is 5. The molecule has 194 valence electrons. The van der Waals surface area contributed by atoms with Gasteiger partial charge in [-0.25, -0.2) is 4.98 Å². The molecule has 1 fully saturated rings. The number of amides is 1. The van der Waals surface area contributed by atoms with Crippen LogP contribution in [0, 0.1) is 6.92 Å². The molecule has 0 unspecified atom stereocenters. The Morgan fingerprint density at radius 3 is 2.45 bits per heavy atom. The Morgan fingerprint density at radius 1 is 0.921 bits per heavy atom. The SMILES string of the molecule is COc1ccc(-c2cc(C(=O)N3CCN(CC=Cc4ccccc4)CC3)c3cc(C)ccc3n2)c(OC)c1. The van der Waals surface area contributed by atoms with Gasteiger partial charge in [0.25, 0.3) is 5.91 Å². The van der Waals surface area contributed by atoms with Crippen molar-refractivity contribution in [3.8, 4) is 22.8 Å². The highest BCUT2D eigenvalue weighted by Gasteiger charge is 2.24. The zero-order valence-corrected chi connectivity index (χ0v) is 22.2. The minimum absolute atomic E-state index is 0.0382. The van der Waals surface area contributed by atoms with Crippen LogP contribution in [-0.4, -0.2) is 67.6 Å². The van der Waals surface area contributed by atoms with Gasteiger partial charge in [0.15, 0.2) is 0 Å². The third-order valence-corrected chi connectivity index (χ3v) is 7.01. The number of fused-ring (bicyclic) bond motifs is 1. The molecule has 6 heteroatoms. The fourth-order valence-corrected chi connectivity index (χ4v) is 4.87. The molecule has 0 N–H and O–H groups in total. The van der Waals surface area contributed by atoms with Crippen molar-refractivity contribution in [2.24, 2.45) is 0 Å². The molecule has 0 atom stereocenters. The Bertz CT molecular complexity index is 1460. The Labute approximate surface area is 224 Å². The molecule has 1 aliphatic rings. The van der Waals surface area contributed by atoms with Crippen LogP contribution in [-0.2, 0) is 0 Å². The second-order valence-electron chi connectivity index (χ2n) is 9.55. The molecule has 0 saturated carbocycles. The summed E-state index contributed by atoms with van der Waals surface area (Å²) in [6.07, 6.45) is 4.35. The number of ether oxygens (including phenoxy) is 2. The Hall–Kier alpha value is -4.16. The Morgan fingerprint density at radius 2 is 1.71 bits per heavy atom. The third-order valence-electron chi connectivity index (χ3n) is 7.01. The zero-order chi connectivity index (χ0) is 26.5. The maximum absolute atomic E-state index is 13.9. The van der Waals surface area contributed by atoms with E-state index in [0.29, 0.717) is 35.8 Å². The molecule has 0 radical (unpaired) electrons. The van der Waals surface area contributed by atoms with Crippen molar-refractivity contribution in [2.45, 2.75) is 6.92 Å². The molecule has 1 saturated heterocycles. The fourth-order valence-electron chi connectivity index (χ4n) is 4.87. The number of nitrogens with zero attached hydrogens (tertiary/aromatic N) is 3. The van der Waals surface area contributed by atoms with Crippen molar-refractivity contribution in [1.82, 2.24) is 14.8 Å². The number of carbonyl (C=O) groups excluding carboxylic acids is 1. The largest absolute Gasteiger partial charge is 0.497 e. The van der Waals surface area contributed by atoms with Crippen molar-refractivity contribution >= 4 is 22.9 Å². The minimum atomic E-state index is 0.0382. The number of rotatable bonds is 7. The first kappa shape index (κ1) is 25.5. The third kappa shape index (κ3) is 5.55. The molecular weight excluding hydrogens is 474 g/mol. The highest BCUT2D eigenvalue weighted by molar-refractivity contribution is 6.07. The van der Waals surface area contributed by atoms with Gasteiger partial charge < -0.3 is 14.4 Å². The molecule has 2 heterocycles. The molecule has 4 aromatic rings. The van der Waals surface area contributed by atoms with Gasteiger partial charge in [0.1, 0.15) is 11.5 Å². The van der Waals surface area contributed by atoms with Gasteiger partial charge in [0, 0.05) is 49.7 Å². The Kier molecular flexibility index (Phi) is 7.70. The van der Waals surface area contributed by atoms with Gasteiger partial charge in [0.2, 0.25) is 0 Å². The summed E-state index contributed by atoms with van der Waals surface area (Å²) in [7, 11) is 3.25. The summed E-state index contributed by atoms with van der Waals surface area (Å²) < 4.78 is 11.0. The molecule has 1 amide bonds. The summed E-state index contributed by atoms with van der Waals surface area (Å²) in [5.74, 6) is 1.39. The number of carbonyl (C=O) groups is 1. The number of benzene rings is 3. The molecular formula is C32H33N3O3. The standard InChI is InChI=1S/C32H33N3O3/c1-23-11-14-29-27(20-23)28(22-30(33-29)26-13-12-25(37-2)21-31(26)38-3)32(36)35-18-16-34(17-19-35)15-7-10-24-8-5-4-6-9-24/h4-14,20-22H,15-19H2,1-3H3. The van der Waals surface area contributed by atoms with Crippen molar-refractivity contribution in [3.05, 3.63) is 95.6 Å². The van der Waals surface area contributed by atoms with E-state index in [1.165, 1.54) is 5.56 Å². The van der Waals surface area contributed by atoms with E-state index in [0.717, 1.165) is 41.7 Å². The number of hydrogen-bond donors (Lipinski definition) is 0. The van der Waals surface area contributed by atoms with E-state index >= 15 is 0 Å². The second kappa shape index (κ2) is 11.5. The van der Waals surface area contributed by atoms with Crippen LogP contribution in [0.5, 0.6) is 11.5 Å². The van der Waals surface area contributed by atoms with Crippen LogP contribution < -0.4 is 9.47 Å². The number of aromatic nitrogens is 1. The molecule has 0 aliphatic carbocycles. The van der Waals surface area contributed by atoms with Gasteiger partial charge in [-0.05, 0) is 42.8 Å². The highest BCUT2D eigenvalue weighted by Crippen LogP contribution is 2.35. The van der Waals surface area contributed by atoms with E-state index in [9.17, 15) is 4.79 Å². The topological polar surface area (TPSA) is 54.9 Å². The van der Waals surface area contributed by atoms with E-state index in [2.05, 4.69) is 35.3 Å². The predicted molar refractivity (Wildman–Crippen MR) is 153 cm³/mol. The molecule has 0 spiro atoms. The van der Waals surface area contributed by atoms with Gasteiger partial charge in [-0.1, -0.05) is 54.1 Å². The molecule has 38 heavy (non-hydrogen) atoms. The van der Waals surface area contributed by atoms with Gasteiger partial charge in [-0.2, -0.15) is 0 Å². The summed E-state index contributed by atoms with van der Waals surface area (Å²) in [5.41, 5.74) is 5.28. The quantitative estimate of drug-likeness (QED) is 0.321. The smallest absolute Gasteiger partial charge is 0.254 e. The van der Waals surface area contributed by atoms with Crippen molar-refractivity contribution in [3.63, 3.8) is 0 Å². The van der Waals surface area contributed by atoms with Gasteiger partial charge in [-0.3, -0.25) is 9.69 Å². The molecule has 3 aromatic carbocycles. The van der Waals surface area contributed by atoms with Crippen LogP contribution in [0.1, 0.15) is 21.5 Å². The lowest BCUT2D eigenvalue weighted by Gasteiger charge is -2.34. The lowest BCUT2D eigenvalue weighted by atomic mass is 10.0. The second-order valence-corrected chi connectivity index (χ2v) is 9.55. The monoisotopic (exact) mass is 507 g/mol. The first-order valence-corrected chi connectivity index (χ1v) is 12.9. The lowest BCUT2D eigenvalue weighted by Crippen LogP contribution is -2.48. The van der Waals surface area contributed by atoms with Crippen LogP contribution in [0.4, 0.5) is 0 Å². The number of pyridine rings is 1. The molecule has 0 bridgehead atoms. The van der Waals surface area contributed by atoms with Gasteiger partial charge in [-0.15, -0.1) is 0 Å². The average molecular weight is 508 g/mol. The summed E-state index contributed by atoms with van der Waals surface area (Å²) in [5, 5.41) is 0.874. The maximum Gasteiger partial charge on any atom is 0.254 e. The van der Waals surface area contributed by atoms with E-state index in [-0.39, 0.29) is 5.91 Å². The number of piperazine rings is 1. The molecule has 6 nitrogen and oxygen atoms in total. The molecule has 1 aliphatic heterocycles. The molecule has 5 rings (SSSR count). The van der Waals surface area contributed by atoms with Gasteiger partial charge in [0.05, 0.1) is 31.0 Å². The average Bonchev–Trinajstić information content (AvgIpc) is 2.97. The van der Waals surface area contributed by atoms with Crippen molar-refractivity contribution in [2.75, 3.05) is 46.9 Å². The summed E-state index contributed by atoms with van der Waals surface area (Å²) >= 11 is 0.